The smallest absolute Gasteiger partial charge is 0.270 e. The van der Waals surface area contributed by atoms with Crippen LogP contribution in [-0.4, -0.2) is 47.5 Å². The molecule has 0 aliphatic carbocycles. The number of nitrogens with zero attached hydrogens (tertiary/aromatic N) is 2. The molecule has 0 bridgehead atoms. The van der Waals surface area contributed by atoms with E-state index in [0.29, 0.717) is 26.3 Å². The second-order valence-electron chi connectivity index (χ2n) is 5.94. The van der Waals surface area contributed by atoms with Gasteiger partial charge in [0.1, 0.15) is 5.69 Å². The first-order valence-corrected chi connectivity index (χ1v) is 8.25. The number of hydrogen-bond donors (Lipinski definition) is 0. The van der Waals surface area contributed by atoms with Crippen LogP contribution in [0.25, 0.3) is 0 Å². The van der Waals surface area contributed by atoms with Crippen LogP contribution in [-0.2, 0) is 9.47 Å². The normalized spacial score (nSPS) is 21.4. The van der Waals surface area contributed by atoms with Gasteiger partial charge in [-0.2, -0.15) is 0 Å². The van der Waals surface area contributed by atoms with Gasteiger partial charge in [-0.05, 0) is 35.8 Å². The number of carbonyl (C=O) groups excluding carboxylic acids is 1. The van der Waals surface area contributed by atoms with Gasteiger partial charge in [-0.3, -0.25) is 4.79 Å². The number of hydrogen-bond acceptors (Lipinski definition) is 3. The molecule has 3 heterocycles. The molecule has 0 N–H and O–H groups in total. The van der Waals surface area contributed by atoms with E-state index in [1.165, 1.54) is 0 Å². The maximum atomic E-state index is 12.7. The van der Waals surface area contributed by atoms with Crippen LogP contribution in [0.2, 0.25) is 0 Å². The number of halogens is 1. The number of ether oxygens (including phenoxy) is 2. The summed E-state index contributed by atoms with van der Waals surface area (Å²) < 4.78 is 14.4. The molecule has 2 aliphatic rings. The second kappa shape index (κ2) is 5.74. The Morgan fingerprint density at radius 2 is 1.90 bits per heavy atom. The summed E-state index contributed by atoms with van der Waals surface area (Å²) in [4.78, 5) is 14.6. The number of carbonyl (C=O) groups is 1. The van der Waals surface area contributed by atoms with Gasteiger partial charge in [0.2, 0.25) is 0 Å². The van der Waals surface area contributed by atoms with Gasteiger partial charge in [-0.25, -0.2) is 0 Å². The lowest BCUT2D eigenvalue weighted by molar-refractivity contribution is -0.181. The summed E-state index contributed by atoms with van der Waals surface area (Å²) >= 11 is 3.46. The minimum atomic E-state index is -0.433. The summed E-state index contributed by atoms with van der Waals surface area (Å²) in [6.07, 6.45) is 3.47. The van der Waals surface area contributed by atoms with Crippen LogP contribution >= 0.6 is 15.9 Å². The van der Waals surface area contributed by atoms with E-state index in [9.17, 15) is 4.79 Å². The van der Waals surface area contributed by atoms with E-state index in [1.54, 1.807) is 0 Å². The summed E-state index contributed by atoms with van der Waals surface area (Å²) in [7, 11) is 0. The maximum absolute atomic E-state index is 12.7. The topological polar surface area (TPSA) is 43.7 Å². The molecule has 5 nitrogen and oxygen atoms in total. The molecule has 1 spiro atoms. The highest BCUT2D eigenvalue weighted by molar-refractivity contribution is 9.10. The Labute approximate surface area is 133 Å². The number of rotatable bonds is 2. The molecule has 0 atom stereocenters. The Hall–Kier alpha value is -0.850. The van der Waals surface area contributed by atoms with Crippen LogP contribution in [0, 0.1) is 0 Å². The van der Waals surface area contributed by atoms with E-state index in [1.807, 2.05) is 21.7 Å². The van der Waals surface area contributed by atoms with Gasteiger partial charge in [0, 0.05) is 42.6 Å². The largest absolute Gasteiger partial charge is 0.347 e. The molecule has 21 heavy (non-hydrogen) atoms. The van der Waals surface area contributed by atoms with E-state index >= 15 is 0 Å². The minimum absolute atomic E-state index is 0.0854. The highest BCUT2D eigenvalue weighted by Crippen LogP contribution is 2.32. The van der Waals surface area contributed by atoms with Gasteiger partial charge in [0.25, 0.3) is 5.91 Å². The lowest BCUT2D eigenvalue weighted by atomic mass is 10.0. The van der Waals surface area contributed by atoms with Crippen LogP contribution in [0.3, 0.4) is 0 Å². The average Bonchev–Trinajstić information content (AvgIpc) is 3.06. The molecule has 1 aromatic heterocycles. The molecular formula is C15H21BrN2O3. The van der Waals surface area contributed by atoms with Crippen molar-refractivity contribution in [3.63, 3.8) is 0 Å². The molecule has 0 radical (unpaired) electrons. The van der Waals surface area contributed by atoms with E-state index < -0.39 is 5.79 Å². The molecule has 2 fully saturated rings. The molecular weight excluding hydrogens is 336 g/mol. The SMILES string of the molecule is CC(C)n1cc(Br)cc1C(=O)N1CCC2(CC1)OCCO2. The zero-order valence-electron chi connectivity index (χ0n) is 12.5. The van der Waals surface area contributed by atoms with Gasteiger partial charge in [0.05, 0.1) is 13.2 Å². The highest BCUT2D eigenvalue weighted by Gasteiger charge is 2.41. The van der Waals surface area contributed by atoms with Crippen molar-refractivity contribution in [2.75, 3.05) is 26.3 Å². The van der Waals surface area contributed by atoms with Crippen molar-refractivity contribution >= 4 is 21.8 Å². The van der Waals surface area contributed by atoms with Crippen molar-refractivity contribution in [1.82, 2.24) is 9.47 Å². The van der Waals surface area contributed by atoms with Crippen molar-refractivity contribution in [2.24, 2.45) is 0 Å². The molecule has 0 unspecified atom stereocenters. The number of aromatic nitrogens is 1. The fraction of sp³-hybridized carbons (Fsp3) is 0.667. The Kier molecular flexibility index (Phi) is 4.12. The first-order valence-electron chi connectivity index (χ1n) is 7.45. The third-order valence-corrected chi connectivity index (χ3v) is 4.65. The van der Waals surface area contributed by atoms with E-state index in [-0.39, 0.29) is 11.9 Å². The molecule has 0 saturated carbocycles. The number of piperidine rings is 1. The zero-order chi connectivity index (χ0) is 15.0. The first kappa shape index (κ1) is 15.1. The van der Waals surface area contributed by atoms with Gasteiger partial charge in [-0.15, -0.1) is 0 Å². The van der Waals surface area contributed by atoms with E-state index in [4.69, 9.17) is 9.47 Å². The predicted molar refractivity (Wildman–Crippen MR) is 82.3 cm³/mol. The second-order valence-corrected chi connectivity index (χ2v) is 6.86. The van der Waals surface area contributed by atoms with Crippen LogP contribution in [0.15, 0.2) is 16.7 Å². The summed E-state index contributed by atoms with van der Waals surface area (Å²) in [5.41, 5.74) is 0.737. The molecule has 1 aromatic rings. The molecule has 0 aromatic carbocycles. The number of amides is 1. The first-order chi connectivity index (χ1) is 10.0. The van der Waals surface area contributed by atoms with Crippen molar-refractivity contribution in [2.45, 2.75) is 38.5 Å². The Morgan fingerprint density at radius 3 is 2.48 bits per heavy atom. The predicted octanol–water partition coefficient (Wildman–Crippen LogP) is 2.81. The molecule has 2 aliphatic heterocycles. The van der Waals surface area contributed by atoms with Gasteiger partial charge >= 0.3 is 0 Å². The Bertz CT molecular complexity index is 525. The van der Waals surface area contributed by atoms with Crippen molar-refractivity contribution in [3.8, 4) is 0 Å². The van der Waals surface area contributed by atoms with Crippen molar-refractivity contribution in [1.29, 1.82) is 0 Å². The van der Waals surface area contributed by atoms with E-state index in [0.717, 1.165) is 23.0 Å². The van der Waals surface area contributed by atoms with Crippen LogP contribution in [0.1, 0.15) is 43.2 Å². The average molecular weight is 357 g/mol. The van der Waals surface area contributed by atoms with Crippen LogP contribution < -0.4 is 0 Å². The van der Waals surface area contributed by atoms with Crippen LogP contribution in [0.4, 0.5) is 0 Å². The summed E-state index contributed by atoms with van der Waals surface area (Å²) in [5, 5.41) is 0. The summed E-state index contributed by atoms with van der Waals surface area (Å²) in [5.74, 6) is -0.348. The molecule has 116 valence electrons. The molecule has 1 amide bonds. The van der Waals surface area contributed by atoms with Gasteiger partial charge < -0.3 is 18.9 Å². The fourth-order valence-electron chi connectivity index (χ4n) is 3.04. The Balaban J connectivity index is 1.72. The quantitative estimate of drug-likeness (QED) is 0.818. The van der Waals surface area contributed by atoms with Crippen LogP contribution in [0.5, 0.6) is 0 Å². The number of likely N-dealkylation sites (tertiary alicyclic amines) is 1. The standard InChI is InChI=1S/C15H21BrN2O3/c1-11(2)18-10-12(16)9-13(18)14(19)17-5-3-15(4-6-17)20-7-8-21-15/h9-11H,3-8H2,1-2H3. The molecule has 6 heteroatoms. The highest BCUT2D eigenvalue weighted by atomic mass is 79.9. The monoisotopic (exact) mass is 356 g/mol. The zero-order valence-corrected chi connectivity index (χ0v) is 14.1. The fourth-order valence-corrected chi connectivity index (χ4v) is 3.48. The van der Waals surface area contributed by atoms with Crippen molar-refractivity contribution in [3.05, 3.63) is 22.4 Å². The van der Waals surface area contributed by atoms with E-state index in [2.05, 4.69) is 29.8 Å². The van der Waals surface area contributed by atoms with Crippen molar-refractivity contribution < 1.29 is 14.3 Å². The third kappa shape index (κ3) is 2.89. The summed E-state index contributed by atoms with van der Waals surface area (Å²) in [6.45, 7) is 6.84. The van der Waals surface area contributed by atoms with Gasteiger partial charge in [0.15, 0.2) is 5.79 Å². The maximum Gasteiger partial charge on any atom is 0.270 e. The van der Waals surface area contributed by atoms with Gasteiger partial charge in [-0.1, -0.05) is 0 Å². The minimum Gasteiger partial charge on any atom is -0.347 e. The third-order valence-electron chi connectivity index (χ3n) is 4.22. The summed E-state index contributed by atoms with van der Waals surface area (Å²) in [6, 6.07) is 2.16. The lowest BCUT2D eigenvalue weighted by Crippen LogP contribution is -2.47. The molecule has 3 rings (SSSR count). The Morgan fingerprint density at radius 1 is 1.29 bits per heavy atom. The molecule has 2 saturated heterocycles. The lowest BCUT2D eigenvalue weighted by Gasteiger charge is -2.37.